The fourth-order valence-electron chi connectivity index (χ4n) is 3.37. The molecule has 0 aromatic heterocycles. The summed E-state index contributed by atoms with van der Waals surface area (Å²) in [7, 11) is 1.58. The first-order chi connectivity index (χ1) is 14.4. The van der Waals surface area contributed by atoms with Crippen LogP contribution in [0, 0.1) is 0 Å². The Morgan fingerprint density at radius 2 is 1.83 bits per heavy atom. The molecule has 0 saturated carbocycles. The summed E-state index contributed by atoms with van der Waals surface area (Å²) < 4.78 is 5.40. The number of piperazine rings is 1. The van der Waals surface area contributed by atoms with Gasteiger partial charge in [-0.25, -0.2) is 0 Å². The lowest BCUT2D eigenvalue weighted by Gasteiger charge is -2.34. The average molecular weight is 430 g/mol. The molecule has 8 heteroatoms. The van der Waals surface area contributed by atoms with E-state index in [0.717, 1.165) is 5.56 Å². The Balaban J connectivity index is 1.69. The molecule has 2 N–H and O–H groups in total. The van der Waals surface area contributed by atoms with Crippen LogP contribution >= 0.6 is 11.6 Å². The highest BCUT2D eigenvalue weighted by Gasteiger charge is 2.23. The number of carbonyl (C=O) groups excluding carboxylic acids is 2. The zero-order valence-corrected chi connectivity index (χ0v) is 17.5. The summed E-state index contributed by atoms with van der Waals surface area (Å²) in [5.41, 5.74) is 1.86. The van der Waals surface area contributed by atoms with E-state index in [4.69, 9.17) is 16.3 Å². The molecule has 2 aromatic rings. The first kappa shape index (κ1) is 21.5. The van der Waals surface area contributed by atoms with Gasteiger partial charge in [0.1, 0.15) is 11.5 Å². The van der Waals surface area contributed by atoms with Crippen molar-refractivity contribution in [3.8, 4) is 22.6 Å². The van der Waals surface area contributed by atoms with Gasteiger partial charge in [0, 0.05) is 43.4 Å². The predicted molar refractivity (Wildman–Crippen MR) is 117 cm³/mol. The van der Waals surface area contributed by atoms with Gasteiger partial charge >= 0.3 is 0 Å². The third kappa shape index (κ3) is 4.68. The predicted octanol–water partition coefficient (Wildman–Crippen LogP) is 2.99. The molecular weight excluding hydrogens is 406 g/mol. The standard InChI is InChI=1S/C22H24ClN3O4/c1-3-21(28)25-8-10-26(11-9-25)22(29)14-24-18-12-16(17(23)13-19(18)27)15-6-4-5-7-20(15)30-2/h3-7,12-13,24,27H,1,8-11,14H2,2H3. The van der Waals surface area contributed by atoms with Crippen LogP contribution in [0.3, 0.4) is 0 Å². The Morgan fingerprint density at radius 3 is 2.50 bits per heavy atom. The second-order valence-electron chi connectivity index (χ2n) is 6.81. The van der Waals surface area contributed by atoms with Crippen LogP contribution in [-0.4, -0.2) is 66.6 Å². The van der Waals surface area contributed by atoms with Crippen LogP contribution in [0.15, 0.2) is 49.1 Å². The molecule has 30 heavy (non-hydrogen) atoms. The first-order valence-corrected chi connectivity index (χ1v) is 9.91. The Kier molecular flexibility index (Phi) is 6.84. The van der Waals surface area contributed by atoms with Crippen LogP contribution in [0.25, 0.3) is 11.1 Å². The second-order valence-corrected chi connectivity index (χ2v) is 7.22. The molecule has 0 spiro atoms. The highest BCUT2D eigenvalue weighted by molar-refractivity contribution is 6.33. The van der Waals surface area contributed by atoms with E-state index in [1.807, 2.05) is 24.3 Å². The molecule has 7 nitrogen and oxygen atoms in total. The lowest BCUT2D eigenvalue weighted by Crippen LogP contribution is -2.51. The van der Waals surface area contributed by atoms with Gasteiger partial charge in [-0.1, -0.05) is 36.4 Å². The molecule has 1 aliphatic rings. The summed E-state index contributed by atoms with van der Waals surface area (Å²) >= 11 is 6.34. The van der Waals surface area contributed by atoms with Gasteiger partial charge in [0.25, 0.3) is 0 Å². The molecule has 0 radical (unpaired) electrons. The average Bonchev–Trinajstić information content (AvgIpc) is 2.78. The van der Waals surface area contributed by atoms with Crippen molar-refractivity contribution in [3.63, 3.8) is 0 Å². The van der Waals surface area contributed by atoms with Crippen LogP contribution in [0.2, 0.25) is 5.02 Å². The number of ether oxygens (including phenoxy) is 1. The molecule has 0 aliphatic carbocycles. The number of amides is 2. The summed E-state index contributed by atoms with van der Waals surface area (Å²) in [5.74, 6) is 0.357. The normalized spacial score (nSPS) is 13.7. The summed E-state index contributed by atoms with van der Waals surface area (Å²) in [6, 6.07) is 10.6. The zero-order valence-electron chi connectivity index (χ0n) is 16.7. The molecule has 0 bridgehead atoms. The van der Waals surface area contributed by atoms with Crippen molar-refractivity contribution in [2.45, 2.75) is 0 Å². The molecule has 0 unspecified atom stereocenters. The Labute approximate surface area is 180 Å². The number of para-hydroxylation sites is 1. The number of benzene rings is 2. The highest BCUT2D eigenvalue weighted by atomic mass is 35.5. The summed E-state index contributed by atoms with van der Waals surface area (Å²) in [6.07, 6.45) is 1.28. The largest absolute Gasteiger partial charge is 0.506 e. The maximum Gasteiger partial charge on any atom is 0.246 e. The molecule has 2 amide bonds. The van der Waals surface area contributed by atoms with Crippen molar-refractivity contribution in [2.75, 3.05) is 45.2 Å². The number of methoxy groups -OCH3 is 1. The number of nitrogens with one attached hydrogen (secondary N) is 1. The van der Waals surface area contributed by atoms with Crippen LogP contribution < -0.4 is 10.1 Å². The summed E-state index contributed by atoms with van der Waals surface area (Å²) in [5, 5.41) is 13.6. The second kappa shape index (κ2) is 9.54. The quantitative estimate of drug-likeness (QED) is 0.545. The minimum Gasteiger partial charge on any atom is -0.506 e. The van der Waals surface area contributed by atoms with Crippen LogP contribution in [0.1, 0.15) is 0 Å². The third-order valence-electron chi connectivity index (χ3n) is 5.03. The van der Waals surface area contributed by atoms with Crippen molar-refractivity contribution in [1.82, 2.24) is 9.80 Å². The smallest absolute Gasteiger partial charge is 0.246 e. The molecule has 0 atom stereocenters. The Hall–Kier alpha value is -3.19. The fourth-order valence-corrected chi connectivity index (χ4v) is 3.63. The third-order valence-corrected chi connectivity index (χ3v) is 5.34. The molecule has 1 aliphatic heterocycles. The Morgan fingerprint density at radius 1 is 1.17 bits per heavy atom. The number of hydrogen-bond donors (Lipinski definition) is 2. The van der Waals surface area contributed by atoms with Crippen molar-refractivity contribution in [1.29, 1.82) is 0 Å². The van der Waals surface area contributed by atoms with Gasteiger partial charge in [-0.15, -0.1) is 0 Å². The van der Waals surface area contributed by atoms with Gasteiger partial charge in [-0.05, 0) is 18.2 Å². The lowest BCUT2D eigenvalue weighted by molar-refractivity contribution is -0.135. The van der Waals surface area contributed by atoms with Crippen molar-refractivity contribution < 1.29 is 19.4 Å². The number of phenols is 1. The van der Waals surface area contributed by atoms with Gasteiger partial charge in [0.2, 0.25) is 11.8 Å². The number of aromatic hydroxyl groups is 1. The molecule has 1 fully saturated rings. The van der Waals surface area contributed by atoms with Gasteiger partial charge in [-0.3, -0.25) is 9.59 Å². The molecular formula is C22H24ClN3O4. The van der Waals surface area contributed by atoms with Crippen LogP contribution in [0.4, 0.5) is 5.69 Å². The molecule has 1 heterocycles. The molecule has 158 valence electrons. The maximum absolute atomic E-state index is 12.6. The number of rotatable bonds is 6. The number of phenolic OH excluding ortho intramolecular Hbond substituents is 1. The van der Waals surface area contributed by atoms with E-state index < -0.39 is 0 Å². The van der Waals surface area contributed by atoms with Gasteiger partial charge < -0.3 is 25.0 Å². The van der Waals surface area contributed by atoms with E-state index in [0.29, 0.717) is 48.2 Å². The van der Waals surface area contributed by atoms with Crippen LogP contribution in [-0.2, 0) is 9.59 Å². The Bertz CT molecular complexity index is 955. The molecule has 2 aromatic carbocycles. The minimum atomic E-state index is -0.129. The van der Waals surface area contributed by atoms with Gasteiger partial charge in [-0.2, -0.15) is 0 Å². The number of halogens is 1. The highest BCUT2D eigenvalue weighted by Crippen LogP contribution is 2.40. The van der Waals surface area contributed by atoms with E-state index in [-0.39, 0.29) is 24.1 Å². The minimum absolute atomic E-state index is 0.00988. The van der Waals surface area contributed by atoms with E-state index in [2.05, 4.69) is 11.9 Å². The maximum atomic E-state index is 12.6. The van der Waals surface area contributed by atoms with Crippen molar-refractivity contribution in [2.24, 2.45) is 0 Å². The first-order valence-electron chi connectivity index (χ1n) is 9.53. The van der Waals surface area contributed by atoms with E-state index >= 15 is 0 Å². The number of carbonyl (C=O) groups is 2. The van der Waals surface area contributed by atoms with Crippen molar-refractivity contribution in [3.05, 3.63) is 54.1 Å². The van der Waals surface area contributed by atoms with E-state index in [1.165, 1.54) is 12.1 Å². The van der Waals surface area contributed by atoms with Crippen molar-refractivity contribution >= 4 is 29.1 Å². The van der Waals surface area contributed by atoms with E-state index in [9.17, 15) is 14.7 Å². The molecule has 1 saturated heterocycles. The summed E-state index contributed by atoms with van der Waals surface area (Å²) in [4.78, 5) is 27.6. The lowest BCUT2D eigenvalue weighted by atomic mass is 10.0. The fraction of sp³-hybridized carbons (Fsp3) is 0.273. The molecule has 3 rings (SSSR count). The monoisotopic (exact) mass is 429 g/mol. The summed E-state index contributed by atoms with van der Waals surface area (Å²) in [6.45, 7) is 5.36. The number of nitrogens with zero attached hydrogens (tertiary/aromatic N) is 2. The topological polar surface area (TPSA) is 82.1 Å². The van der Waals surface area contributed by atoms with Gasteiger partial charge in [0.05, 0.1) is 24.4 Å². The van der Waals surface area contributed by atoms with Crippen LogP contribution in [0.5, 0.6) is 11.5 Å². The van der Waals surface area contributed by atoms with Gasteiger partial charge in [0.15, 0.2) is 0 Å². The SMILES string of the molecule is C=CC(=O)N1CCN(C(=O)CNc2cc(-c3ccccc3OC)c(Cl)cc2O)CC1. The number of hydrogen-bond acceptors (Lipinski definition) is 5. The zero-order chi connectivity index (χ0) is 21.7. The number of anilines is 1. The van der Waals surface area contributed by atoms with E-state index in [1.54, 1.807) is 23.0 Å².